The lowest BCUT2D eigenvalue weighted by molar-refractivity contribution is 0.322. The first-order valence-electron chi connectivity index (χ1n) is 8.44. The first-order valence-corrected chi connectivity index (χ1v) is 8.81. The minimum Gasteiger partial charge on any atom is -0.491 e. The van der Waals surface area contributed by atoms with Crippen LogP contribution in [0.2, 0.25) is 5.02 Å². The third-order valence-electron chi connectivity index (χ3n) is 4.02. The number of pyridine rings is 2. The Balaban J connectivity index is 1.95. The second-order valence-electron chi connectivity index (χ2n) is 5.81. The van der Waals surface area contributed by atoms with E-state index in [0.717, 1.165) is 11.3 Å². The zero-order valence-electron chi connectivity index (χ0n) is 14.9. The molecule has 6 nitrogen and oxygen atoms in total. The van der Waals surface area contributed by atoms with E-state index in [2.05, 4.69) is 15.3 Å². The van der Waals surface area contributed by atoms with Crippen molar-refractivity contribution in [3.05, 3.63) is 71.1 Å². The van der Waals surface area contributed by atoms with Crippen LogP contribution in [0.5, 0.6) is 5.75 Å². The third kappa shape index (κ3) is 4.35. The number of rotatable bonds is 7. The summed E-state index contributed by atoms with van der Waals surface area (Å²) in [6.45, 7) is 0.433. The minimum atomic E-state index is -0.0668. The standard InChI is InChI=1S/C20H20ClN5O/c1-24-19-15(20(22)23)11-13(18-16(21)6-4-9-26-18)12-17(19)27-10-7-14-5-2-3-8-25-14/h2-6,8-9,11-12,24H,7,10H2,1H3,(H3,22,23). The number of ether oxygens (including phenoxy) is 1. The van der Waals surface area contributed by atoms with E-state index in [9.17, 15) is 0 Å². The predicted octanol–water partition coefficient (Wildman–Crippen LogP) is 3.74. The second kappa shape index (κ2) is 8.51. The van der Waals surface area contributed by atoms with Gasteiger partial charge in [0.05, 0.1) is 23.0 Å². The summed E-state index contributed by atoms with van der Waals surface area (Å²) in [6, 6.07) is 12.9. The van der Waals surface area contributed by atoms with E-state index in [4.69, 9.17) is 27.5 Å². The Morgan fingerprint density at radius 2 is 2.00 bits per heavy atom. The Morgan fingerprint density at radius 1 is 1.19 bits per heavy atom. The Kier molecular flexibility index (Phi) is 5.88. The van der Waals surface area contributed by atoms with Crippen molar-refractivity contribution >= 4 is 23.1 Å². The van der Waals surface area contributed by atoms with Gasteiger partial charge in [0.15, 0.2) is 0 Å². The normalized spacial score (nSPS) is 10.4. The van der Waals surface area contributed by atoms with Crippen LogP contribution in [0.3, 0.4) is 0 Å². The van der Waals surface area contributed by atoms with Gasteiger partial charge in [-0.05, 0) is 36.4 Å². The van der Waals surface area contributed by atoms with Crippen molar-refractivity contribution in [3.63, 3.8) is 0 Å². The summed E-state index contributed by atoms with van der Waals surface area (Å²) in [5.41, 5.74) is 9.26. The number of nitrogens with one attached hydrogen (secondary N) is 2. The Hall–Kier alpha value is -3.12. The lowest BCUT2D eigenvalue weighted by Gasteiger charge is -2.17. The van der Waals surface area contributed by atoms with Gasteiger partial charge in [0.25, 0.3) is 0 Å². The smallest absolute Gasteiger partial charge is 0.143 e. The predicted molar refractivity (Wildman–Crippen MR) is 109 cm³/mol. The van der Waals surface area contributed by atoms with Gasteiger partial charge < -0.3 is 15.8 Å². The number of nitrogen functional groups attached to an aromatic ring is 1. The molecule has 3 rings (SSSR count). The molecule has 0 radical (unpaired) electrons. The third-order valence-corrected chi connectivity index (χ3v) is 4.32. The number of nitrogens with zero attached hydrogens (tertiary/aromatic N) is 2. The SMILES string of the molecule is CNc1c(OCCc2ccccn2)cc(-c2ncccc2Cl)cc1C(=N)N. The number of hydrogen-bond acceptors (Lipinski definition) is 5. The molecule has 7 heteroatoms. The van der Waals surface area contributed by atoms with Crippen molar-refractivity contribution in [3.8, 4) is 17.0 Å². The molecule has 0 aliphatic carbocycles. The van der Waals surface area contributed by atoms with Gasteiger partial charge in [0, 0.05) is 42.7 Å². The van der Waals surface area contributed by atoms with E-state index >= 15 is 0 Å². The van der Waals surface area contributed by atoms with Crippen molar-refractivity contribution in [1.29, 1.82) is 5.41 Å². The molecule has 4 N–H and O–H groups in total. The summed E-state index contributed by atoms with van der Waals surface area (Å²) in [6.07, 6.45) is 4.09. The summed E-state index contributed by atoms with van der Waals surface area (Å²) in [5, 5.41) is 11.5. The molecule has 0 saturated heterocycles. The Bertz CT molecular complexity index is 946. The topological polar surface area (TPSA) is 96.9 Å². The fourth-order valence-electron chi connectivity index (χ4n) is 2.75. The summed E-state index contributed by atoms with van der Waals surface area (Å²) >= 11 is 6.29. The van der Waals surface area contributed by atoms with Crippen molar-refractivity contribution < 1.29 is 4.74 Å². The monoisotopic (exact) mass is 381 g/mol. The van der Waals surface area contributed by atoms with Crippen LogP contribution < -0.4 is 15.8 Å². The molecule has 0 fully saturated rings. The number of amidine groups is 1. The molecule has 3 aromatic rings. The van der Waals surface area contributed by atoms with Crippen LogP contribution in [0.4, 0.5) is 5.69 Å². The van der Waals surface area contributed by atoms with Crippen molar-refractivity contribution in [2.75, 3.05) is 19.0 Å². The first kappa shape index (κ1) is 18.7. The maximum absolute atomic E-state index is 7.92. The number of nitrogens with two attached hydrogens (primary N) is 1. The largest absolute Gasteiger partial charge is 0.491 e. The van der Waals surface area contributed by atoms with Gasteiger partial charge in [-0.15, -0.1) is 0 Å². The zero-order chi connectivity index (χ0) is 19.2. The van der Waals surface area contributed by atoms with Crippen LogP contribution in [0.15, 0.2) is 54.9 Å². The molecule has 0 saturated carbocycles. The molecule has 0 spiro atoms. The van der Waals surface area contributed by atoms with E-state index < -0.39 is 0 Å². The molecule has 2 aromatic heterocycles. The van der Waals surface area contributed by atoms with Crippen molar-refractivity contribution in [2.45, 2.75) is 6.42 Å². The molecular formula is C20H20ClN5O. The maximum Gasteiger partial charge on any atom is 0.143 e. The van der Waals surface area contributed by atoms with Crippen molar-refractivity contribution in [1.82, 2.24) is 9.97 Å². The highest BCUT2D eigenvalue weighted by atomic mass is 35.5. The highest BCUT2D eigenvalue weighted by Gasteiger charge is 2.16. The minimum absolute atomic E-state index is 0.0668. The second-order valence-corrected chi connectivity index (χ2v) is 6.22. The molecule has 1 aromatic carbocycles. The molecule has 0 aliphatic rings. The molecule has 0 amide bonds. The molecule has 27 heavy (non-hydrogen) atoms. The van der Waals surface area contributed by atoms with Gasteiger partial charge in [-0.1, -0.05) is 17.7 Å². The van der Waals surface area contributed by atoms with E-state index in [0.29, 0.717) is 40.7 Å². The van der Waals surface area contributed by atoms with Gasteiger partial charge in [0.2, 0.25) is 0 Å². The number of hydrogen-bond donors (Lipinski definition) is 3. The average Bonchev–Trinajstić information content (AvgIpc) is 2.68. The van der Waals surface area contributed by atoms with E-state index in [-0.39, 0.29) is 5.84 Å². The highest BCUT2D eigenvalue weighted by molar-refractivity contribution is 6.33. The fourth-order valence-corrected chi connectivity index (χ4v) is 2.98. The fraction of sp³-hybridized carbons (Fsp3) is 0.150. The van der Waals surface area contributed by atoms with Gasteiger partial charge in [0.1, 0.15) is 11.6 Å². The van der Waals surface area contributed by atoms with Gasteiger partial charge in [-0.25, -0.2) is 0 Å². The molecule has 2 heterocycles. The molecule has 138 valence electrons. The van der Waals surface area contributed by atoms with Crippen LogP contribution in [0.25, 0.3) is 11.3 Å². The van der Waals surface area contributed by atoms with Crippen LogP contribution >= 0.6 is 11.6 Å². The Morgan fingerprint density at radius 3 is 2.67 bits per heavy atom. The van der Waals surface area contributed by atoms with E-state index in [1.165, 1.54) is 0 Å². The molecule has 0 unspecified atom stereocenters. The average molecular weight is 382 g/mol. The number of halogens is 1. The molecule has 0 bridgehead atoms. The van der Waals surface area contributed by atoms with Gasteiger partial charge in [-0.2, -0.15) is 0 Å². The van der Waals surface area contributed by atoms with E-state index in [1.54, 1.807) is 37.6 Å². The first-order chi connectivity index (χ1) is 13.1. The van der Waals surface area contributed by atoms with Crippen molar-refractivity contribution in [2.24, 2.45) is 5.73 Å². The van der Waals surface area contributed by atoms with Crippen LogP contribution in [0, 0.1) is 5.41 Å². The number of benzene rings is 1. The maximum atomic E-state index is 7.92. The molecule has 0 aliphatic heterocycles. The van der Waals surface area contributed by atoms with E-state index in [1.807, 2.05) is 24.3 Å². The van der Waals surface area contributed by atoms with Gasteiger partial charge in [-0.3, -0.25) is 15.4 Å². The summed E-state index contributed by atoms with van der Waals surface area (Å²) < 4.78 is 6.00. The summed E-state index contributed by atoms with van der Waals surface area (Å²) in [4.78, 5) is 8.64. The molecular weight excluding hydrogens is 362 g/mol. The Labute approximate surface area is 162 Å². The summed E-state index contributed by atoms with van der Waals surface area (Å²) in [5.74, 6) is 0.515. The quantitative estimate of drug-likeness (QED) is 0.428. The van der Waals surface area contributed by atoms with Crippen LogP contribution in [-0.4, -0.2) is 29.5 Å². The molecule has 0 atom stereocenters. The summed E-state index contributed by atoms with van der Waals surface area (Å²) in [7, 11) is 1.76. The lowest BCUT2D eigenvalue weighted by atomic mass is 10.0. The number of aromatic nitrogens is 2. The van der Waals surface area contributed by atoms with Crippen LogP contribution in [-0.2, 0) is 6.42 Å². The number of anilines is 1. The zero-order valence-corrected chi connectivity index (χ0v) is 15.6. The van der Waals surface area contributed by atoms with Crippen LogP contribution in [0.1, 0.15) is 11.3 Å². The highest BCUT2D eigenvalue weighted by Crippen LogP contribution is 2.36. The lowest BCUT2D eigenvalue weighted by Crippen LogP contribution is -2.15. The van der Waals surface area contributed by atoms with Gasteiger partial charge >= 0.3 is 0 Å².